The fourth-order valence-electron chi connectivity index (χ4n) is 11.6. The molecule has 0 saturated heterocycles. The Morgan fingerprint density at radius 3 is 0.580 bits per heavy atom. The van der Waals surface area contributed by atoms with Crippen LogP contribution in [0.2, 0.25) is 0 Å². The third-order valence-corrected chi connectivity index (χ3v) is 18.7. The Kier molecular flexibility index (Phi) is 15.8. The normalized spacial score (nSPS) is 12.1. The van der Waals surface area contributed by atoms with Crippen molar-refractivity contribution in [3.63, 3.8) is 0 Å². The molecule has 0 aliphatic carbocycles. The summed E-state index contributed by atoms with van der Waals surface area (Å²) in [5.74, 6) is 43.1. The van der Waals surface area contributed by atoms with Crippen LogP contribution < -0.4 is 0 Å². The minimum atomic E-state index is -0.126. The zero-order valence-electron chi connectivity index (χ0n) is 54.7. The van der Waals surface area contributed by atoms with Crippen LogP contribution in [0.15, 0.2) is 144 Å². The van der Waals surface area contributed by atoms with Crippen LogP contribution in [0.1, 0.15) is 201 Å². The molecule has 0 spiro atoms. The Bertz CT molecular complexity index is 4740. The fraction of sp³-hybridized carbons (Fsp3) is 0.279. The molecule has 88 heavy (non-hydrogen) atoms. The highest BCUT2D eigenvalue weighted by molar-refractivity contribution is 7.10. The van der Waals surface area contributed by atoms with Crippen LogP contribution in [-0.4, -0.2) is 0 Å². The third kappa shape index (κ3) is 12.3. The van der Waals surface area contributed by atoms with E-state index in [-0.39, 0.29) is 32.5 Å². The van der Waals surface area contributed by atoms with Crippen molar-refractivity contribution in [2.45, 2.75) is 157 Å². The Balaban J connectivity index is 1.14. The van der Waals surface area contributed by atoms with E-state index in [1.165, 1.54) is 33.4 Å². The Morgan fingerprint density at radius 2 is 0.409 bits per heavy atom. The molecule has 0 amide bonds. The van der Waals surface area contributed by atoms with Crippen LogP contribution in [0.25, 0.3) is 64.6 Å². The number of hydrogen-bond donors (Lipinski definition) is 0. The van der Waals surface area contributed by atoms with Gasteiger partial charge in [0.1, 0.15) is 0 Å². The standard InChI is InChI=1S/C86H78S2/c1-81(2,3)55-31-39-67-64(28-20-22-30-66-70-42-34-60(86(16,17)18)54-80(70)74(46-38-62-26-24-48-88-62)72-44-36-58(52-78(66)72)84(10,11)12)76-50-56(82(4,5)6)32-40-68(76)63(75(67)49-55)27-19-21-29-65-69-41-33-59(85(13,14)15)53-79(69)73(45-37-61-25-23-47-87-61)71-43-35-57(51-77(65)71)83(7,8)9/h23-26,31-36,39-44,47-54H,1-18H3. The molecule has 2 heterocycles. The molecular formula is C86H78S2. The SMILES string of the molecule is CC(C)(C)c1ccc2c(C#CC#Cc3c4ccc(C(C)(C)C)cc4c(C#Cc4cccs4)c4ccc(C(C)(C)C)cc34)c3cc(C(C)(C)C)ccc3c(C#CC#Cc3c4ccc(C(C)(C)C)cc4c(C#Cc4cccs4)c4ccc(C(C)(C)C)cc34)c2c1. The van der Waals surface area contributed by atoms with Gasteiger partial charge in [-0.15, -0.1) is 22.7 Å². The first-order chi connectivity index (χ1) is 41.4. The molecule has 11 rings (SSSR count). The summed E-state index contributed by atoms with van der Waals surface area (Å²) in [6, 6.07) is 49.4. The van der Waals surface area contributed by atoms with Crippen molar-refractivity contribution in [2.75, 3.05) is 0 Å². The van der Waals surface area contributed by atoms with Crippen molar-refractivity contribution in [1.82, 2.24) is 0 Å². The zero-order valence-corrected chi connectivity index (χ0v) is 56.3. The van der Waals surface area contributed by atoms with Crippen molar-refractivity contribution >= 4 is 87.3 Å². The molecule has 9 aromatic carbocycles. The van der Waals surface area contributed by atoms with Gasteiger partial charge < -0.3 is 0 Å². The molecule has 2 heteroatoms. The molecule has 0 saturated carbocycles. The van der Waals surface area contributed by atoms with Crippen LogP contribution >= 0.6 is 22.7 Å². The summed E-state index contributed by atoms with van der Waals surface area (Å²) >= 11 is 3.33. The van der Waals surface area contributed by atoms with Crippen molar-refractivity contribution in [1.29, 1.82) is 0 Å². The maximum atomic E-state index is 3.72. The summed E-state index contributed by atoms with van der Waals surface area (Å²) in [4.78, 5) is 2.08. The first kappa shape index (κ1) is 61.0. The number of fused-ring (bicyclic) bond motifs is 6. The second-order valence-electron chi connectivity index (χ2n) is 29.8. The summed E-state index contributed by atoms with van der Waals surface area (Å²) in [5, 5.41) is 17.0. The van der Waals surface area contributed by atoms with Crippen molar-refractivity contribution in [2.24, 2.45) is 0 Å². The number of rotatable bonds is 0. The monoisotopic (exact) mass is 1170 g/mol. The fourth-order valence-corrected chi connectivity index (χ4v) is 12.8. The third-order valence-electron chi connectivity index (χ3n) is 17.1. The Hall–Kier alpha value is -8.70. The molecule has 2 aromatic heterocycles. The number of hydrogen-bond acceptors (Lipinski definition) is 2. The molecule has 0 atom stereocenters. The smallest absolute Gasteiger partial charge is 0.0772 e. The quantitative estimate of drug-likeness (QED) is 0.105. The molecule has 0 unspecified atom stereocenters. The summed E-state index contributed by atoms with van der Waals surface area (Å²) in [5.41, 5.74) is 12.7. The summed E-state index contributed by atoms with van der Waals surface area (Å²) < 4.78 is 0. The van der Waals surface area contributed by atoms with Gasteiger partial charge in [-0.25, -0.2) is 0 Å². The van der Waals surface area contributed by atoms with Crippen LogP contribution in [0, 0.1) is 71.0 Å². The predicted molar refractivity (Wildman–Crippen MR) is 385 cm³/mol. The van der Waals surface area contributed by atoms with Gasteiger partial charge in [-0.3, -0.25) is 0 Å². The lowest BCUT2D eigenvalue weighted by Crippen LogP contribution is -2.11. The second kappa shape index (κ2) is 22.8. The van der Waals surface area contributed by atoms with E-state index in [1.54, 1.807) is 22.7 Å². The van der Waals surface area contributed by atoms with Gasteiger partial charge in [-0.2, -0.15) is 0 Å². The van der Waals surface area contributed by atoms with Gasteiger partial charge in [-0.1, -0.05) is 257 Å². The lowest BCUT2D eigenvalue weighted by molar-refractivity contribution is 0.590. The number of benzene rings is 9. The van der Waals surface area contributed by atoms with E-state index in [1.807, 2.05) is 0 Å². The minimum absolute atomic E-state index is 0.0679. The van der Waals surface area contributed by atoms with Crippen molar-refractivity contribution in [3.05, 3.63) is 221 Å². The van der Waals surface area contributed by atoms with Gasteiger partial charge in [0.2, 0.25) is 0 Å². The second-order valence-corrected chi connectivity index (χ2v) is 31.7. The largest absolute Gasteiger partial charge is 0.135 e. The average molecular weight is 1180 g/mol. The molecular weight excluding hydrogens is 1100 g/mol. The van der Waals surface area contributed by atoms with Crippen molar-refractivity contribution < 1.29 is 0 Å². The van der Waals surface area contributed by atoms with E-state index in [2.05, 4.69) is 340 Å². The van der Waals surface area contributed by atoms with E-state index < -0.39 is 0 Å². The Morgan fingerprint density at radius 1 is 0.216 bits per heavy atom. The highest BCUT2D eigenvalue weighted by Gasteiger charge is 2.25. The maximum Gasteiger partial charge on any atom is 0.0772 e. The van der Waals surface area contributed by atoms with Crippen molar-refractivity contribution in [3.8, 4) is 71.0 Å². The van der Waals surface area contributed by atoms with Gasteiger partial charge in [0.15, 0.2) is 0 Å². The van der Waals surface area contributed by atoms with Crippen LogP contribution in [0.3, 0.4) is 0 Å². The molecule has 434 valence electrons. The molecule has 0 bridgehead atoms. The molecule has 0 radical (unpaired) electrons. The first-order valence-corrected chi connectivity index (χ1v) is 32.5. The zero-order chi connectivity index (χ0) is 62.9. The van der Waals surface area contributed by atoms with Gasteiger partial charge in [-0.05, 0) is 213 Å². The average Bonchev–Trinajstić information content (AvgIpc) is 1.02. The topological polar surface area (TPSA) is 0 Å². The minimum Gasteiger partial charge on any atom is -0.135 e. The molecule has 11 aromatic rings. The van der Waals surface area contributed by atoms with Crippen LogP contribution in [0.5, 0.6) is 0 Å². The highest BCUT2D eigenvalue weighted by Crippen LogP contribution is 2.42. The van der Waals surface area contributed by atoms with E-state index in [9.17, 15) is 0 Å². The van der Waals surface area contributed by atoms with E-state index in [4.69, 9.17) is 0 Å². The summed E-state index contributed by atoms with van der Waals surface area (Å²) in [6.45, 7) is 40.8. The van der Waals surface area contributed by atoms with E-state index in [0.29, 0.717) is 0 Å². The molecule has 0 fully saturated rings. The van der Waals surface area contributed by atoms with Gasteiger partial charge in [0.05, 0.1) is 9.75 Å². The van der Waals surface area contributed by atoms with Gasteiger partial charge in [0.25, 0.3) is 0 Å². The summed E-state index contributed by atoms with van der Waals surface area (Å²) in [7, 11) is 0. The first-order valence-electron chi connectivity index (χ1n) is 30.7. The van der Waals surface area contributed by atoms with E-state index >= 15 is 0 Å². The lowest BCUT2D eigenvalue weighted by atomic mass is 9.81. The molecule has 0 aliphatic heterocycles. The molecule has 0 aliphatic rings. The predicted octanol–water partition coefficient (Wildman–Crippen LogP) is 22.1. The lowest BCUT2D eigenvalue weighted by Gasteiger charge is -2.22. The summed E-state index contributed by atoms with van der Waals surface area (Å²) in [6.07, 6.45) is 0. The Labute approximate surface area is 532 Å². The van der Waals surface area contributed by atoms with E-state index in [0.717, 1.165) is 108 Å². The van der Waals surface area contributed by atoms with Crippen LogP contribution in [0.4, 0.5) is 0 Å². The highest BCUT2D eigenvalue weighted by atomic mass is 32.1. The maximum absolute atomic E-state index is 3.72. The molecule has 0 nitrogen and oxygen atoms in total. The van der Waals surface area contributed by atoms with Gasteiger partial charge >= 0.3 is 0 Å². The van der Waals surface area contributed by atoms with Crippen LogP contribution in [-0.2, 0) is 32.5 Å². The van der Waals surface area contributed by atoms with Gasteiger partial charge in [0, 0.05) is 33.4 Å². The molecule has 0 N–H and O–H groups in total. The number of thiophene rings is 2.